The van der Waals surface area contributed by atoms with Crippen LogP contribution in [0.4, 0.5) is 0 Å². The van der Waals surface area contributed by atoms with Crippen LogP contribution in [-0.2, 0) is 9.59 Å². The molecule has 1 aromatic rings. The van der Waals surface area contributed by atoms with E-state index in [0.29, 0.717) is 18.8 Å². The van der Waals surface area contributed by atoms with E-state index in [-0.39, 0.29) is 23.0 Å². The predicted molar refractivity (Wildman–Crippen MR) is 85.5 cm³/mol. The summed E-state index contributed by atoms with van der Waals surface area (Å²) < 4.78 is 0. The zero-order chi connectivity index (χ0) is 15.7. The van der Waals surface area contributed by atoms with Gasteiger partial charge in [0.25, 0.3) is 0 Å². The van der Waals surface area contributed by atoms with Gasteiger partial charge in [0.15, 0.2) is 0 Å². The van der Waals surface area contributed by atoms with E-state index < -0.39 is 0 Å². The lowest BCUT2D eigenvalue weighted by Gasteiger charge is -2.29. The first kappa shape index (κ1) is 14.9. The lowest BCUT2D eigenvalue weighted by molar-refractivity contribution is -0.123. The zero-order valence-electron chi connectivity index (χ0n) is 13.1. The van der Waals surface area contributed by atoms with Gasteiger partial charge >= 0.3 is 0 Å². The topological polar surface area (TPSA) is 58.5 Å². The Kier molecular flexibility index (Phi) is 3.85. The van der Waals surface area contributed by atoms with E-state index in [4.69, 9.17) is 0 Å². The number of carbonyl (C=O) groups is 2. The summed E-state index contributed by atoms with van der Waals surface area (Å²) in [6, 6.07) is 10.1. The monoisotopic (exact) mass is 298 g/mol. The molecule has 2 atom stereocenters. The van der Waals surface area contributed by atoms with Gasteiger partial charge < -0.3 is 0 Å². The number of hydrazone groups is 1. The number of amides is 1. The molecule has 0 spiro atoms. The van der Waals surface area contributed by atoms with E-state index in [9.17, 15) is 9.59 Å². The molecule has 1 aromatic carbocycles. The number of hydrogen-bond acceptors (Lipinski definition) is 3. The van der Waals surface area contributed by atoms with Crippen LogP contribution in [0.1, 0.15) is 51.0 Å². The molecular formula is C18H22N2O2. The van der Waals surface area contributed by atoms with Crippen molar-refractivity contribution in [2.45, 2.75) is 45.4 Å². The predicted octanol–water partition coefficient (Wildman–Crippen LogP) is 3.04. The zero-order valence-corrected chi connectivity index (χ0v) is 13.1. The van der Waals surface area contributed by atoms with Crippen molar-refractivity contribution in [1.82, 2.24) is 5.43 Å². The van der Waals surface area contributed by atoms with Gasteiger partial charge in [0.1, 0.15) is 5.78 Å². The van der Waals surface area contributed by atoms with E-state index >= 15 is 0 Å². The molecule has 4 nitrogen and oxygen atoms in total. The molecule has 2 saturated carbocycles. The summed E-state index contributed by atoms with van der Waals surface area (Å²) in [6.07, 6.45) is 2.62. The number of rotatable bonds is 3. The Hall–Kier alpha value is -1.97. The van der Waals surface area contributed by atoms with Crippen molar-refractivity contribution in [3.63, 3.8) is 0 Å². The summed E-state index contributed by atoms with van der Waals surface area (Å²) in [7, 11) is 0. The van der Waals surface area contributed by atoms with Crippen molar-refractivity contribution in [3.05, 3.63) is 35.9 Å². The third-order valence-electron chi connectivity index (χ3n) is 4.44. The largest absolute Gasteiger partial charge is 0.299 e. The Morgan fingerprint density at radius 2 is 1.95 bits per heavy atom. The molecule has 2 fully saturated rings. The second kappa shape index (κ2) is 5.67. The van der Waals surface area contributed by atoms with Gasteiger partial charge in [0.05, 0.1) is 0 Å². The Balaban J connectivity index is 1.57. The molecule has 0 saturated heterocycles. The molecule has 0 bridgehead atoms. The number of nitrogens with zero attached hydrogens (tertiary/aromatic N) is 1. The van der Waals surface area contributed by atoms with Crippen LogP contribution in [0.25, 0.3) is 0 Å². The Morgan fingerprint density at radius 1 is 1.23 bits per heavy atom. The van der Waals surface area contributed by atoms with Gasteiger partial charge in [-0.15, -0.1) is 0 Å². The number of hydrogen-bond donors (Lipinski definition) is 1. The van der Waals surface area contributed by atoms with Crippen molar-refractivity contribution in [1.29, 1.82) is 0 Å². The van der Waals surface area contributed by atoms with Crippen molar-refractivity contribution in [2.24, 2.45) is 16.4 Å². The maximum atomic E-state index is 12.2. The first-order chi connectivity index (χ1) is 10.4. The average Bonchev–Trinajstić information content (AvgIpc) is 3.24. The van der Waals surface area contributed by atoms with Crippen LogP contribution in [0.5, 0.6) is 0 Å². The average molecular weight is 298 g/mol. The number of nitrogens with one attached hydrogen (secondary N) is 1. The van der Waals surface area contributed by atoms with Crippen LogP contribution < -0.4 is 5.43 Å². The Morgan fingerprint density at radius 3 is 2.64 bits per heavy atom. The summed E-state index contributed by atoms with van der Waals surface area (Å²) in [5.41, 5.74) is 4.63. The van der Waals surface area contributed by atoms with Crippen LogP contribution in [0.3, 0.4) is 0 Å². The third-order valence-corrected chi connectivity index (χ3v) is 4.44. The molecule has 4 heteroatoms. The normalized spacial score (nSPS) is 28.5. The minimum Gasteiger partial charge on any atom is -0.299 e. The highest BCUT2D eigenvalue weighted by Gasteiger charge is 2.44. The van der Waals surface area contributed by atoms with Gasteiger partial charge in [-0.3, -0.25) is 9.59 Å². The van der Waals surface area contributed by atoms with E-state index in [0.717, 1.165) is 18.6 Å². The van der Waals surface area contributed by atoms with Crippen LogP contribution in [0.2, 0.25) is 0 Å². The molecule has 22 heavy (non-hydrogen) atoms. The summed E-state index contributed by atoms with van der Waals surface area (Å²) >= 11 is 0. The van der Waals surface area contributed by atoms with Gasteiger partial charge in [-0.2, -0.15) is 5.10 Å². The quantitative estimate of drug-likeness (QED) is 0.872. The smallest absolute Gasteiger partial charge is 0.243 e. The van der Waals surface area contributed by atoms with Crippen LogP contribution in [0.15, 0.2) is 35.4 Å². The van der Waals surface area contributed by atoms with Crippen molar-refractivity contribution >= 4 is 17.4 Å². The van der Waals surface area contributed by atoms with Gasteiger partial charge in [0.2, 0.25) is 5.91 Å². The van der Waals surface area contributed by atoms with Crippen molar-refractivity contribution < 1.29 is 9.59 Å². The number of ketones is 1. The summed E-state index contributed by atoms with van der Waals surface area (Å²) in [5.74, 6) is 0.500. The summed E-state index contributed by atoms with van der Waals surface area (Å²) in [6.45, 7) is 4.13. The molecule has 3 rings (SSSR count). The Bertz CT molecular complexity index is 619. The molecule has 0 unspecified atom stereocenters. The van der Waals surface area contributed by atoms with Gasteiger partial charge in [0, 0.05) is 24.5 Å². The maximum Gasteiger partial charge on any atom is 0.243 e. The van der Waals surface area contributed by atoms with Gasteiger partial charge in [-0.05, 0) is 29.7 Å². The van der Waals surface area contributed by atoms with Crippen LogP contribution in [-0.4, -0.2) is 17.4 Å². The highest BCUT2D eigenvalue weighted by atomic mass is 16.2. The fraction of sp³-hybridized carbons (Fsp3) is 0.500. The molecule has 2 aliphatic carbocycles. The number of carbonyl (C=O) groups excluding carboxylic acids is 2. The molecule has 0 heterocycles. The van der Waals surface area contributed by atoms with E-state index in [2.05, 4.69) is 36.5 Å². The molecule has 0 aliphatic heterocycles. The third kappa shape index (κ3) is 3.43. The van der Waals surface area contributed by atoms with Crippen LogP contribution >= 0.6 is 0 Å². The standard InChI is InChI=1S/C18H22N2O2/c1-18(2)10-13(8-14(21)11-18)19-20-17(22)16-9-15(16)12-6-4-3-5-7-12/h3-7,15-16H,8-11H2,1-2H3,(H,20,22)/t15-,16-/m0/s1. The lowest BCUT2D eigenvalue weighted by Crippen LogP contribution is -2.31. The highest BCUT2D eigenvalue weighted by Crippen LogP contribution is 2.47. The first-order valence-corrected chi connectivity index (χ1v) is 7.86. The molecule has 1 amide bonds. The fourth-order valence-electron chi connectivity index (χ4n) is 3.35. The van der Waals surface area contributed by atoms with Crippen molar-refractivity contribution in [2.75, 3.05) is 0 Å². The second-order valence-corrected chi connectivity index (χ2v) is 7.25. The van der Waals surface area contributed by atoms with Gasteiger partial charge in [-0.1, -0.05) is 44.2 Å². The number of Topliss-reactive ketones (excluding diaryl/α,β-unsaturated/α-hetero) is 1. The van der Waals surface area contributed by atoms with Gasteiger partial charge in [-0.25, -0.2) is 5.43 Å². The van der Waals surface area contributed by atoms with E-state index in [1.807, 2.05) is 18.2 Å². The number of benzene rings is 1. The van der Waals surface area contributed by atoms with Crippen molar-refractivity contribution in [3.8, 4) is 0 Å². The summed E-state index contributed by atoms with van der Waals surface area (Å²) in [4.78, 5) is 23.9. The molecular weight excluding hydrogens is 276 g/mol. The van der Waals surface area contributed by atoms with E-state index in [1.54, 1.807) is 0 Å². The molecule has 0 radical (unpaired) electrons. The molecule has 2 aliphatic rings. The fourth-order valence-corrected chi connectivity index (χ4v) is 3.35. The van der Waals surface area contributed by atoms with Crippen LogP contribution in [0, 0.1) is 11.3 Å². The lowest BCUT2D eigenvalue weighted by atomic mass is 9.76. The molecule has 1 N–H and O–H groups in total. The summed E-state index contributed by atoms with van der Waals surface area (Å²) in [5, 5.41) is 4.21. The Labute approximate surface area is 131 Å². The molecule has 0 aromatic heterocycles. The SMILES string of the molecule is CC1(C)CC(=O)CC(=NNC(=O)[C@H]2C[C@H]2c2ccccc2)C1. The minimum absolute atomic E-state index is 0.0130. The maximum absolute atomic E-state index is 12.2. The first-order valence-electron chi connectivity index (χ1n) is 7.86. The second-order valence-electron chi connectivity index (χ2n) is 7.25. The molecule has 116 valence electrons. The van der Waals surface area contributed by atoms with E-state index in [1.165, 1.54) is 5.56 Å². The minimum atomic E-state index is -0.0505. The highest BCUT2D eigenvalue weighted by molar-refractivity contribution is 6.05.